The molecular weight excluding hydrogens is 314 g/mol. The zero-order valence-electron chi connectivity index (χ0n) is 15.3. The Kier molecular flexibility index (Phi) is 4.29. The highest BCUT2D eigenvalue weighted by molar-refractivity contribution is 5.41. The molecule has 1 fully saturated rings. The van der Waals surface area contributed by atoms with E-state index in [-0.39, 0.29) is 11.7 Å². The van der Waals surface area contributed by atoms with Gasteiger partial charge in [0.15, 0.2) is 0 Å². The summed E-state index contributed by atoms with van der Waals surface area (Å²) in [6.07, 6.45) is 6.90. The standard InChI is InChI=1S/C20H27N3O2/c1-20(2)10-15-8-14(4-5-18(15)25-20)11-22-16-6-7-24-19(9-16)17-12-21-13-23(17)3/h4-5,8,12-13,16,19,22H,6-7,9-11H2,1-3H3/t16-,19+/m0/s1. The molecule has 134 valence electrons. The number of ether oxygens (including phenoxy) is 2. The zero-order chi connectivity index (χ0) is 17.4. The summed E-state index contributed by atoms with van der Waals surface area (Å²) in [6.45, 7) is 5.97. The van der Waals surface area contributed by atoms with Gasteiger partial charge in [-0.15, -0.1) is 0 Å². The summed E-state index contributed by atoms with van der Waals surface area (Å²) >= 11 is 0. The molecule has 1 N–H and O–H groups in total. The molecule has 1 aromatic heterocycles. The second kappa shape index (κ2) is 6.46. The van der Waals surface area contributed by atoms with Crippen LogP contribution in [0.1, 0.15) is 49.6 Å². The van der Waals surface area contributed by atoms with E-state index in [1.165, 1.54) is 11.1 Å². The number of nitrogens with one attached hydrogen (secondary N) is 1. The van der Waals surface area contributed by atoms with Gasteiger partial charge in [0.1, 0.15) is 17.5 Å². The number of imidazole rings is 1. The molecule has 3 heterocycles. The van der Waals surface area contributed by atoms with Crippen molar-refractivity contribution in [1.82, 2.24) is 14.9 Å². The number of fused-ring (bicyclic) bond motifs is 1. The van der Waals surface area contributed by atoms with Gasteiger partial charge in [0.05, 0.1) is 18.2 Å². The normalized spacial score (nSPS) is 24.8. The monoisotopic (exact) mass is 341 g/mol. The van der Waals surface area contributed by atoms with E-state index in [2.05, 4.69) is 46.9 Å². The molecule has 0 saturated carbocycles. The highest BCUT2D eigenvalue weighted by Crippen LogP contribution is 2.35. The predicted molar refractivity (Wildman–Crippen MR) is 96.6 cm³/mol. The second-order valence-electron chi connectivity index (χ2n) is 7.87. The third-order valence-corrected chi connectivity index (χ3v) is 5.19. The van der Waals surface area contributed by atoms with Gasteiger partial charge < -0.3 is 19.4 Å². The first-order valence-electron chi connectivity index (χ1n) is 9.12. The fourth-order valence-corrected chi connectivity index (χ4v) is 3.90. The molecule has 5 nitrogen and oxygen atoms in total. The van der Waals surface area contributed by atoms with Crippen molar-refractivity contribution < 1.29 is 9.47 Å². The lowest BCUT2D eigenvalue weighted by atomic mass is 9.99. The Morgan fingerprint density at radius 3 is 3.04 bits per heavy atom. The number of hydrogen-bond acceptors (Lipinski definition) is 4. The molecule has 25 heavy (non-hydrogen) atoms. The van der Waals surface area contributed by atoms with Crippen molar-refractivity contribution >= 4 is 0 Å². The van der Waals surface area contributed by atoms with Crippen molar-refractivity contribution in [3.05, 3.63) is 47.5 Å². The largest absolute Gasteiger partial charge is 0.487 e. The van der Waals surface area contributed by atoms with Crippen molar-refractivity contribution in [3.63, 3.8) is 0 Å². The first-order chi connectivity index (χ1) is 12.0. The third-order valence-electron chi connectivity index (χ3n) is 5.19. The van der Waals surface area contributed by atoms with Crippen molar-refractivity contribution in [2.24, 2.45) is 7.05 Å². The van der Waals surface area contributed by atoms with Crippen LogP contribution in [0.15, 0.2) is 30.7 Å². The predicted octanol–water partition coefficient (Wildman–Crippen LogP) is 3.14. The van der Waals surface area contributed by atoms with Crippen LogP contribution >= 0.6 is 0 Å². The Bertz CT molecular complexity index is 753. The molecule has 0 amide bonds. The summed E-state index contributed by atoms with van der Waals surface area (Å²) in [5, 5.41) is 3.71. The van der Waals surface area contributed by atoms with Crippen molar-refractivity contribution in [2.45, 2.75) is 57.4 Å². The van der Waals surface area contributed by atoms with E-state index in [0.29, 0.717) is 6.04 Å². The Morgan fingerprint density at radius 1 is 1.36 bits per heavy atom. The Hall–Kier alpha value is -1.85. The average Bonchev–Trinajstić information content (AvgIpc) is 3.14. The van der Waals surface area contributed by atoms with Gasteiger partial charge in [-0.25, -0.2) is 4.98 Å². The van der Waals surface area contributed by atoms with Crippen LogP contribution in [0.3, 0.4) is 0 Å². The van der Waals surface area contributed by atoms with Gasteiger partial charge in [0, 0.05) is 32.7 Å². The smallest absolute Gasteiger partial charge is 0.123 e. The summed E-state index contributed by atoms with van der Waals surface area (Å²) in [6, 6.07) is 7.04. The van der Waals surface area contributed by atoms with Crippen molar-refractivity contribution in [1.29, 1.82) is 0 Å². The molecule has 0 bridgehead atoms. The maximum atomic E-state index is 5.97. The Morgan fingerprint density at radius 2 is 2.24 bits per heavy atom. The third kappa shape index (κ3) is 3.58. The number of benzene rings is 1. The molecule has 1 aromatic carbocycles. The van der Waals surface area contributed by atoms with Gasteiger partial charge in [0.25, 0.3) is 0 Å². The fourth-order valence-electron chi connectivity index (χ4n) is 3.90. The first kappa shape index (κ1) is 16.6. The van der Waals surface area contributed by atoms with Crippen LogP contribution in [0.5, 0.6) is 5.75 Å². The number of rotatable bonds is 4. The van der Waals surface area contributed by atoms with Gasteiger partial charge in [-0.2, -0.15) is 0 Å². The molecule has 5 heteroatoms. The SMILES string of the molecule is Cn1cncc1[C@H]1C[C@@H](NCc2ccc3c(c2)CC(C)(C)O3)CCO1. The van der Waals surface area contributed by atoms with Gasteiger partial charge in [-0.3, -0.25) is 0 Å². The lowest BCUT2D eigenvalue weighted by molar-refractivity contribution is -0.00404. The van der Waals surface area contributed by atoms with E-state index >= 15 is 0 Å². The van der Waals surface area contributed by atoms with Gasteiger partial charge in [-0.05, 0) is 43.9 Å². The van der Waals surface area contributed by atoms with Gasteiger partial charge in [-0.1, -0.05) is 12.1 Å². The molecule has 0 aliphatic carbocycles. The minimum absolute atomic E-state index is 0.0780. The highest BCUT2D eigenvalue weighted by atomic mass is 16.5. The van der Waals surface area contributed by atoms with E-state index in [0.717, 1.165) is 43.9 Å². The summed E-state index contributed by atoms with van der Waals surface area (Å²) in [5.74, 6) is 1.04. The maximum absolute atomic E-state index is 5.97. The number of aryl methyl sites for hydroxylation is 1. The number of nitrogens with zero attached hydrogens (tertiary/aromatic N) is 2. The van der Waals surface area contributed by atoms with Crippen molar-refractivity contribution in [3.8, 4) is 5.75 Å². The van der Waals surface area contributed by atoms with E-state index in [1.54, 1.807) is 0 Å². The maximum Gasteiger partial charge on any atom is 0.123 e. The van der Waals surface area contributed by atoms with Crippen LogP contribution in [0.25, 0.3) is 0 Å². The molecule has 0 unspecified atom stereocenters. The van der Waals surface area contributed by atoms with Gasteiger partial charge >= 0.3 is 0 Å². The van der Waals surface area contributed by atoms with Gasteiger partial charge in [0.2, 0.25) is 0 Å². The van der Waals surface area contributed by atoms with Crippen molar-refractivity contribution in [2.75, 3.05) is 6.61 Å². The quantitative estimate of drug-likeness (QED) is 0.928. The molecule has 0 spiro atoms. The van der Waals surface area contributed by atoms with Crippen LogP contribution in [0.4, 0.5) is 0 Å². The summed E-state index contributed by atoms with van der Waals surface area (Å²) in [7, 11) is 2.02. The van der Waals surface area contributed by atoms with E-state index in [4.69, 9.17) is 9.47 Å². The summed E-state index contributed by atoms with van der Waals surface area (Å²) < 4.78 is 14.0. The number of hydrogen-bond donors (Lipinski definition) is 1. The molecular formula is C20H27N3O2. The minimum atomic E-state index is -0.0780. The van der Waals surface area contributed by atoms with E-state index < -0.39 is 0 Å². The lowest BCUT2D eigenvalue weighted by Crippen LogP contribution is -2.36. The highest BCUT2D eigenvalue weighted by Gasteiger charge is 2.30. The average molecular weight is 341 g/mol. The molecule has 0 radical (unpaired) electrons. The Balaban J connectivity index is 1.37. The molecule has 2 aromatic rings. The van der Waals surface area contributed by atoms with Crippen LogP contribution < -0.4 is 10.1 Å². The van der Waals surface area contributed by atoms with E-state index in [1.807, 2.05) is 19.6 Å². The molecule has 1 saturated heterocycles. The lowest BCUT2D eigenvalue weighted by Gasteiger charge is -2.30. The first-order valence-corrected chi connectivity index (χ1v) is 9.12. The van der Waals surface area contributed by atoms with Crippen LogP contribution in [0, 0.1) is 0 Å². The van der Waals surface area contributed by atoms with E-state index in [9.17, 15) is 0 Å². The summed E-state index contributed by atoms with van der Waals surface area (Å²) in [4.78, 5) is 4.21. The Labute approximate surface area is 149 Å². The number of aromatic nitrogens is 2. The molecule has 4 rings (SSSR count). The topological polar surface area (TPSA) is 48.3 Å². The van der Waals surface area contributed by atoms with Crippen LogP contribution in [0.2, 0.25) is 0 Å². The van der Waals surface area contributed by atoms with Crippen LogP contribution in [-0.2, 0) is 24.8 Å². The van der Waals surface area contributed by atoms with Crippen LogP contribution in [-0.4, -0.2) is 27.8 Å². The minimum Gasteiger partial charge on any atom is -0.487 e. The zero-order valence-corrected chi connectivity index (χ0v) is 15.3. The fraction of sp³-hybridized carbons (Fsp3) is 0.550. The second-order valence-corrected chi connectivity index (χ2v) is 7.87. The summed E-state index contributed by atoms with van der Waals surface area (Å²) in [5.41, 5.74) is 3.72. The molecule has 2 aliphatic heterocycles. The molecule has 2 aliphatic rings. The molecule has 2 atom stereocenters.